The van der Waals surface area contributed by atoms with Crippen molar-refractivity contribution < 1.29 is 19.7 Å². The topological polar surface area (TPSA) is 66.8 Å². The van der Waals surface area contributed by atoms with Crippen LogP contribution in [0.3, 0.4) is 0 Å². The third-order valence-electron chi connectivity index (χ3n) is 8.44. The lowest BCUT2D eigenvalue weighted by atomic mass is 10.0. The van der Waals surface area contributed by atoms with Crippen molar-refractivity contribution >= 4 is 5.78 Å². The van der Waals surface area contributed by atoms with E-state index in [-0.39, 0.29) is 12.4 Å². The average molecular weight is 631 g/mol. The summed E-state index contributed by atoms with van der Waals surface area (Å²) < 4.78 is 5.67. The maximum atomic E-state index is 12.4. The molecule has 0 fully saturated rings. The summed E-state index contributed by atoms with van der Waals surface area (Å²) in [6.45, 7) is 4.63. The number of rotatable bonds is 35. The Labute approximate surface area is 279 Å². The molecule has 0 amide bonds. The fourth-order valence-electron chi connectivity index (χ4n) is 5.43. The van der Waals surface area contributed by atoms with E-state index in [4.69, 9.17) is 4.74 Å². The van der Waals surface area contributed by atoms with Crippen molar-refractivity contribution in [1.82, 2.24) is 0 Å². The van der Waals surface area contributed by atoms with Crippen LogP contribution in [0.15, 0.2) is 48.6 Å². The Morgan fingerprint density at radius 1 is 0.533 bits per heavy atom. The first kappa shape index (κ1) is 43.5. The second-order valence-corrected chi connectivity index (χ2v) is 12.8. The molecule has 0 aliphatic carbocycles. The fraction of sp³-hybridized carbons (Fsp3) is 0.780. The number of ketones is 1. The van der Waals surface area contributed by atoms with Gasteiger partial charge in [0.2, 0.25) is 0 Å². The van der Waals surface area contributed by atoms with Gasteiger partial charge in [-0.1, -0.05) is 165 Å². The molecule has 262 valence electrons. The maximum absolute atomic E-state index is 12.4. The average Bonchev–Trinajstić information content (AvgIpc) is 3.05. The summed E-state index contributed by atoms with van der Waals surface area (Å²) in [7, 11) is 0. The van der Waals surface area contributed by atoms with Gasteiger partial charge < -0.3 is 14.9 Å². The van der Waals surface area contributed by atoms with Crippen LogP contribution in [0, 0.1) is 0 Å². The third kappa shape index (κ3) is 32.2. The Morgan fingerprint density at radius 3 is 1.36 bits per heavy atom. The van der Waals surface area contributed by atoms with Gasteiger partial charge in [-0.3, -0.25) is 4.79 Å². The van der Waals surface area contributed by atoms with Crippen LogP contribution in [0.25, 0.3) is 0 Å². The van der Waals surface area contributed by atoms with E-state index < -0.39 is 12.2 Å². The van der Waals surface area contributed by atoms with Crippen LogP contribution in [0.1, 0.15) is 181 Å². The number of hydrogen-bond donors (Lipinski definition) is 2. The van der Waals surface area contributed by atoms with Gasteiger partial charge in [0.15, 0.2) is 5.78 Å². The van der Waals surface area contributed by atoms with Crippen LogP contribution in [-0.4, -0.2) is 41.4 Å². The molecule has 2 N–H and O–H groups in total. The van der Waals surface area contributed by atoms with Crippen molar-refractivity contribution in [3.8, 4) is 0 Å². The Balaban J connectivity index is 3.67. The zero-order chi connectivity index (χ0) is 32.9. The molecule has 0 saturated heterocycles. The number of unbranched alkanes of at least 4 members (excludes halogenated alkanes) is 19. The lowest BCUT2D eigenvalue weighted by Gasteiger charge is -2.20. The summed E-state index contributed by atoms with van der Waals surface area (Å²) in [6, 6.07) is 0. The number of hydrogen-bond acceptors (Lipinski definition) is 4. The zero-order valence-corrected chi connectivity index (χ0v) is 29.8. The molecule has 0 rings (SSSR count). The molecule has 0 spiro atoms. The molecule has 2 atom stereocenters. The standard InChI is InChI=1S/C41H74O4/c1-3-5-7-9-11-13-15-17-19-20-21-23-25-27-29-31-33-35-37-45-40(38-42)41(44)39(43)36-34-32-30-28-26-24-22-18-16-14-12-10-8-6-4-2/h11,13,17,19,21,23,27,29,40-42,44H,3-10,12,14-16,18,20,22,24-26,28,30-38H2,1-2H3/b13-11-,19-17-,23-21-,29-27-/t40-,41?/m0/s1. The molecule has 0 aliphatic rings. The first-order chi connectivity index (χ1) is 22.2. The maximum Gasteiger partial charge on any atom is 0.164 e. The molecular formula is C41H74O4. The Hall–Kier alpha value is -1.49. The first-order valence-electron chi connectivity index (χ1n) is 19.2. The molecule has 1 unspecified atom stereocenters. The van der Waals surface area contributed by atoms with E-state index in [9.17, 15) is 15.0 Å². The van der Waals surface area contributed by atoms with E-state index in [1.165, 1.54) is 103 Å². The van der Waals surface area contributed by atoms with Gasteiger partial charge in [-0.15, -0.1) is 0 Å². The van der Waals surface area contributed by atoms with Gasteiger partial charge in [0.1, 0.15) is 12.2 Å². The van der Waals surface area contributed by atoms with Gasteiger partial charge >= 0.3 is 0 Å². The number of Topliss-reactive ketones (excluding diaryl/α,β-unsaturated/α-hetero) is 1. The molecule has 0 aromatic heterocycles. The van der Waals surface area contributed by atoms with Gasteiger partial charge in [0.25, 0.3) is 0 Å². The van der Waals surface area contributed by atoms with Crippen LogP contribution in [0.5, 0.6) is 0 Å². The van der Waals surface area contributed by atoms with Gasteiger partial charge in [-0.05, 0) is 57.8 Å². The third-order valence-corrected chi connectivity index (χ3v) is 8.44. The number of allylic oxidation sites excluding steroid dienone is 8. The van der Waals surface area contributed by atoms with E-state index >= 15 is 0 Å². The van der Waals surface area contributed by atoms with Gasteiger partial charge in [0.05, 0.1) is 6.61 Å². The smallest absolute Gasteiger partial charge is 0.164 e. The monoisotopic (exact) mass is 631 g/mol. The van der Waals surface area contributed by atoms with E-state index in [1.54, 1.807) is 0 Å². The Kier molecular flexibility index (Phi) is 35.7. The lowest BCUT2D eigenvalue weighted by Crippen LogP contribution is -2.38. The minimum absolute atomic E-state index is 0.204. The molecule has 0 aromatic carbocycles. The van der Waals surface area contributed by atoms with E-state index in [2.05, 4.69) is 62.5 Å². The van der Waals surface area contributed by atoms with Crippen LogP contribution >= 0.6 is 0 Å². The largest absolute Gasteiger partial charge is 0.394 e. The molecule has 4 heteroatoms. The summed E-state index contributed by atoms with van der Waals surface area (Å²) in [6.07, 6.45) is 46.3. The van der Waals surface area contributed by atoms with Gasteiger partial charge in [-0.2, -0.15) is 0 Å². The van der Waals surface area contributed by atoms with Crippen molar-refractivity contribution in [2.75, 3.05) is 13.2 Å². The highest BCUT2D eigenvalue weighted by Crippen LogP contribution is 2.15. The molecule has 0 radical (unpaired) electrons. The van der Waals surface area contributed by atoms with E-state index in [1.807, 2.05) is 0 Å². The van der Waals surface area contributed by atoms with Crippen molar-refractivity contribution in [2.45, 2.75) is 193 Å². The predicted molar refractivity (Wildman–Crippen MR) is 196 cm³/mol. The number of aliphatic hydroxyl groups is 2. The van der Waals surface area contributed by atoms with Crippen molar-refractivity contribution in [1.29, 1.82) is 0 Å². The minimum atomic E-state index is -1.23. The van der Waals surface area contributed by atoms with Gasteiger partial charge in [-0.25, -0.2) is 0 Å². The first-order valence-corrected chi connectivity index (χ1v) is 19.2. The molecule has 0 bridgehead atoms. The molecule has 45 heavy (non-hydrogen) atoms. The number of aliphatic hydroxyl groups excluding tert-OH is 2. The Bertz CT molecular complexity index is 723. The SMILES string of the molecule is CCCCC/C=C\C/C=C\C/C=C\C/C=C\CCCCO[C@@H](CO)C(O)C(=O)CCCCCCCCCCCCCCCCC. The zero-order valence-electron chi connectivity index (χ0n) is 29.8. The quantitative estimate of drug-likeness (QED) is 0.0540. The van der Waals surface area contributed by atoms with Crippen LogP contribution in [0.2, 0.25) is 0 Å². The summed E-state index contributed by atoms with van der Waals surface area (Å²) >= 11 is 0. The van der Waals surface area contributed by atoms with Crippen LogP contribution in [0.4, 0.5) is 0 Å². The fourth-order valence-corrected chi connectivity index (χ4v) is 5.43. The summed E-state index contributed by atoms with van der Waals surface area (Å²) in [4.78, 5) is 12.4. The summed E-state index contributed by atoms with van der Waals surface area (Å²) in [5.74, 6) is -0.204. The molecular weight excluding hydrogens is 556 g/mol. The molecule has 0 aliphatic heterocycles. The normalized spacial score (nSPS) is 13.7. The molecule has 0 saturated carbocycles. The molecule has 0 aromatic rings. The van der Waals surface area contributed by atoms with Crippen molar-refractivity contribution in [2.24, 2.45) is 0 Å². The lowest BCUT2D eigenvalue weighted by molar-refractivity contribution is -0.139. The number of ether oxygens (including phenoxy) is 1. The Morgan fingerprint density at radius 2 is 0.911 bits per heavy atom. The summed E-state index contributed by atoms with van der Waals surface area (Å²) in [5.41, 5.74) is 0. The van der Waals surface area contributed by atoms with E-state index in [0.717, 1.165) is 57.8 Å². The van der Waals surface area contributed by atoms with Crippen LogP contribution in [-0.2, 0) is 9.53 Å². The highest BCUT2D eigenvalue weighted by Gasteiger charge is 2.25. The van der Waals surface area contributed by atoms with Gasteiger partial charge in [0, 0.05) is 13.0 Å². The highest BCUT2D eigenvalue weighted by molar-refractivity contribution is 5.83. The minimum Gasteiger partial charge on any atom is -0.394 e. The van der Waals surface area contributed by atoms with Crippen molar-refractivity contribution in [3.63, 3.8) is 0 Å². The second-order valence-electron chi connectivity index (χ2n) is 12.8. The molecule has 0 heterocycles. The molecule has 4 nitrogen and oxygen atoms in total. The van der Waals surface area contributed by atoms with Crippen LogP contribution < -0.4 is 0 Å². The number of carbonyl (C=O) groups excluding carboxylic acids is 1. The highest BCUT2D eigenvalue weighted by atomic mass is 16.5. The second kappa shape index (κ2) is 37.0. The summed E-state index contributed by atoms with van der Waals surface area (Å²) in [5, 5.41) is 20.0. The number of carbonyl (C=O) groups is 1. The van der Waals surface area contributed by atoms with Crippen molar-refractivity contribution in [3.05, 3.63) is 48.6 Å². The predicted octanol–water partition coefficient (Wildman–Crippen LogP) is 11.7. The van der Waals surface area contributed by atoms with E-state index in [0.29, 0.717) is 13.0 Å².